The quantitative estimate of drug-likeness (QED) is 0.445. The summed E-state index contributed by atoms with van der Waals surface area (Å²) in [6.07, 6.45) is 10.8. The Morgan fingerprint density at radius 3 is 2.28 bits per heavy atom. The Morgan fingerprint density at radius 1 is 1.00 bits per heavy atom. The van der Waals surface area contributed by atoms with Crippen LogP contribution in [0.4, 0.5) is 17.6 Å². The van der Waals surface area contributed by atoms with Gasteiger partial charge >= 0.3 is 6.61 Å². The minimum absolute atomic E-state index is 0.0871. The Morgan fingerprint density at radius 2 is 1.64 bits per heavy atom. The molecule has 2 aliphatic rings. The molecule has 0 aromatic heterocycles. The van der Waals surface area contributed by atoms with Crippen LogP contribution in [0.5, 0.6) is 5.75 Å². The second-order valence-electron chi connectivity index (χ2n) is 7.32. The maximum absolute atomic E-state index is 14.0. The van der Waals surface area contributed by atoms with Crippen LogP contribution in [0, 0.1) is 29.4 Å². The van der Waals surface area contributed by atoms with Gasteiger partial charge in [-0.2, -0.15) is 8.78 Å². The highest BCUT2D eigenvalue weighted by atomic mass is 19.3. The van der Waals surface area contributed by atoms with Crippen molar-refractivity contribution in [3.05, 3.63) is 41.5 Å². The highest BCUT2D eigenvalue weighted by Gasteiger charge is 2.35. The molecule has 0 saturated heterocycles. The van der Waals surface area contributed by atoms with Crippen LogP contribution in [0.15, 0.2) is 24.3 Å². The fourth-order valence-electron chi connectivity index (χ4n) is 4.69. The molecule has 138 valence electrons. The van der Waals surface area contributed by atoms with Crippen LogP contribution in [0.3, 0.4) is 0 Å². The molecule has 4 unspecified atom stereocenters. The summed E-state index contributed by atoms with van der Waals surface area (Å²) in [5.74, 6) is -1.07. The molecule has 0 bridgehead atoms. The van der Waals surface area contributed by atoms with Crippen molar-refractivity contribution in [1.82, 2.24) is 0 Å². The predicted octanol–water partition coefficient (Wildman–Crippen LogP) is 6.44. The number of rotatable bonds is 4. The average molecular weight is 356 g/mol. The Bertz CT molecular complexity index is 605. The number of hydrogen-bond donors (Lipinski definition) is 0. The fourth-order valence-corrected chi connectivity index (χ4v) is 4.69. The molecule has 2 aliphatic carbocycles. The second kappa shape index (κ2) is 7.79. The first-order valence-electron chi connectivity index (χ1n) is 9.04. The van der Waals surface area contributed by atoms with Crippen LogP contribution in [0.25, 0.3) is 0 Å². The third-order valence-corrected chi connectivity index (χ3v) is 5.82. The zero-order valence-electron chi connectivity index (χ0n) is 14.4. The molecule has 4 atom stereocenters. The number of hydrogen-bond acceptors (Lipinski definition) is 1. The molecule has 5 heteroatoms. The summed E-state index contributed by atoms with van der Waals surface area (Å²) in [6, 6.07) is 2.33. The van der Waals surface area contributed by atoms with Gasteiger partial charge < -0.3 is 4.74 Å². The normalized spacial score (nSPS) is 29.8. The Labute approximate surface area is 146 Å². The third-order valence-electron chi connectivity index (χ3n) is 5.82. The van der Waals surface area contributed by atoms with Crippen LogP contribution in [0.1, 0.15) is 56.9 Å². The molecular weight excluding hydrogens is 332 g/mol. The van der Waals surface area contributed by atoms with Crippen molar-refractivity contribution in [3.63, 3.8) is 0 Å². The van der Waals surface area contributed by atoms with Crippen molar-refractivity contribution < 1.29 is 22.3 Å². The monoisotopic (exact) mass is 356 g/mol. The minimum atomic E-state index is -3.24. The average Bonchev–Trinajstić information content (AvgIpc) is 2.57. The van der Waals surface area contributed by atoms with Crippen LogP contribution < -0.4 is 4.74 Å². The Kier molecular flexibility index (Phi) is 5.70. The number of fused-ring (bicyclic) bond motifs is 1. The number of ether oxygens (including phenoxy) is 1. The number of alkyl halides is 2. The van der Waals surface area contributed by atoms with Crippen molar-refractivity contribution in [1.29, 1.82) is 0 Å². The van der Waals surface area contributed by atoms with Crippen molar-refractivity contribution in [2.45, 2.75) is 58.0 Å². The van der Waals surface area contributed by atoms with Gasteiger partial charge in [0.15, 0.2) is 17.4 Å². The van der Waals surface area contributed by atoms with Gasteiger partial charge in [-0.05, 0) is 86.8 Å². The standard InChI is InChI=1S/C20H24F4O/c1-2-3-12-4-5-14-9-15(7-6-13(14)8-12)16-10-17(21)19(18(22)11-16)25-20(23)24/h2-3,10-15,20H,4-9H2,1H3. The van der Waals surface area contributed by atoms with Gasteiger partial charge in [-0.1, -0.05) is 12.2 Å². The van der Waals surface area contributed by atoms with E-state index >= 15 is 0 Å². The molecule has 0 amide bonds. The van der Waals surface area contributed by atoms with E-state index in [2.05, 4.69) is 16.9 Å². The zero-order chi connectivity index (χ0) is 18.0. The fraction of sp³-hybridized carbons (Fsp3) is 0.600. The lowest BCUT2D eigenvalue weighted by atomic mass is 9.64. The van der Waals surface area contributed by atoms with E-state index in [1.54, 1.807) is 0 Å². The molecule has 0 radical (unpaired) electrons. The van der Waals surface area contributed by atoms with Crippen LogP contribution >= 0.6 is 0 Å². The summed E-state index contributed by atoms with van der Waals surface area (Å²) in [6.45, 7) is -1.19. The van der Waals surface area contributed by atoms with Crippen LogP contribution in [-0.2, 0) is 0 Å². The Hall–Kier alpha value is -1.52. The van der Waals surface area contributed by atoms with Crippen LogP contribution in [0.2, 0.25) is 0 Å². The molecule has 0 spiro atoms. The van der Waals surface area contributed by atoms with E-state index in [0.29, 0.717) is 23.3 Å². The molecule has 1 nitrogen and oxygen atoms in total. The van der Waals surface area contributed by atoms with Gasteiger partial charge in [-0.3, -0.25) is 0 Å². The number of allylic oxidation sites excluding steroid dienone is 2. The molecule has 0 heterocycles. The third kappa shape index (κ3) is 4.18. The first-order valence-corrected chi connectivity index (χ1v) is 9.04. The minimum Gasteiger partial charge on any atom is -0.429 e. The Balaban J connectivity index is 1.70. The first kappa shape index (κ1) is 18.3. The topological polar surface area (TPSA) is 9.23 Å². The summed E-state index contributed by atoms with van der Waals surface area (Å²) < 4.78 is 56.4. The molecular formula is C20H24F4O. The number of benzene rings is 1. The summed E-state index contributed by atoms with van der Waals surface area (Å²) >= 11 is 0. The maximum atomic E-state index is 14.0. The lowest BCUT2D eigenvalue weighted by Gasteiger charge is -2.41. The molecule has 3 rings (SSSR count). The van der Waals surface area contributed by atoms with E-state index in [-0.39, 0.29) is 5.92 Å². The van der Waals surface area contributed by atoms with Gasteiger partial charge in [0.05, 0.1) is 0 Å². The zero-order valence-corrected chi connectivity index (χ0v) is 14.4. The molecule has 0 aliphatic heterocycles. The van der Waals surface area contributed by atoms with Gasteiger partial charge in [-0.15, -0.1) is 0 Å². The SMILES string of the molecule is CC=CC1CCC2CC(c3cc(F)c(OC(F)F)c(F)c3)CCC2C1. The summed E-state index contributed by atoms with van der Waals surface area (Å²) in [4.78, 5) is 0. The molecule has 1 aromatic rings. The molecule has 2 saturated carbocycles. The lowest BCUT2D eigenvalue weighted by Crippen LogP contribution is -2.30. The number of halogens is 4. The van der Waals surface area contributed by atoms with Crippen molar-refractivity contribution >= 4 is 0 Å². The molecule has 0 N–H and O–H groups in total. The molecule has 1 aromatic carbocycles. The highest BCUT2D eigenvalue weighted by molar-refractivity contribution is 5.33. The van der Waals surface area contributed by atoms with Crippen molar-refractivity contribution in [2.24, 2.45) is 17.8 Å². The van der Waals surface area contributed by atoms with E-state index < -0.39 is 24.0 Å². The van der Waals surface area contributed by atoms with E-state index in [1.807, 2.05) is 6.92 Å². The first-order chi connectivity index (χ1) is 12.0. The molecule has 2 fully saturated rings. The second-order valence-corrected chi connectivity index (χ2v) is 7.32. The van der Waals surface area contributed by atoms with Gasteiger partial charge in [0.25, 0.3) is 0 Å². The van der Waals surface area contributed by atoms with E-state index in [9.17, 15) is 17.6 Å². The smallest absolute Gasteiger partial charge is 0.387 e. The van der Waals surface area contributed by atoms with Crippen molar-refractivity contribution in [3.8, 4) is 5.75 Å². The van der Waals surface area contributed by atoms with Gasteiger partial charge in [0.2, 0.25) is 0 Å². The lowest BCUT2D eigenvalue weighted by molar-refractivity contribution is -0.0546. The van der Waals surface area contributed by atoms with E-state index in [4.69, 9.17) is 0 Å². The van der Waals surface area contributed by atoms with Gasteiger partial charge in [0, 0.05) is 0 Å². The summed E-state index contributed by atoms with van der Waals surface area (Å²) in [5, 5.41) is 0. The van der Waals surface area contributed by atoms with E-state index in [1.165, 1.54) is 12.8 Å². The predicted molar refractivity (Wildman–Crippen MR) is 88.7 cm³/mol. The van der Waals surface area contributed by atoms with Crippen molar-refractivity contribution in [2.75, 3.05) is 0 Å². The molecule has 25 heavy (non-hydrogen) atoms. The van der Waals surface area contributed by atoms with Crippen LogP contribution in [-0.4, -0.2) is 6.61 Å². The maximum Gasteiger partial charge on any atom is 0.387 e. The van der Waals surface area contributed by atoms with Gasteiger partial charge in [0.1, 0.15) is 0 Å². The summed E-state index contributed by atoms with van der Waals surface area (Å²) in [7, 11) is 0. The highest BCUT2D eigenvalue weighted by Crippen LogP contribution is 2.48. The largest absolute Gasteiger partial charge is 0.429 e. The van der Waals surface area contributed by atoms with E-state index in [0.717, 1.165) is 37.8 Å². The van der Waals surface area contributed by atoms with Gasteiger partial charge in [-0.25, -0.2) is 8.78 Å². The summed E-state index contributed by atoms with van der Waals surface area (Å²) in [5.41, 5.74) is 0.561.